The Morgan fingerprint density at radius 2 is 2.00 bits per heavy atom. The van der Waals surface area contributed by atoms with Gasteiger partial charge in [-0.2, -0.15) is 0 Å². The molecule has 0 aromatic rings. The van der Waals surface area contributed by atoms with Gasteiger partial charge in [-0.05, 0) is 26.4 Å². The summed E-state index contributed by atoms with van der Waals surface area (Å²) in [5.74, 6) is 0. The lowest BCUT2D eigenvalue weighted by Crippen LogP contribution is -2.41. The second-order valence-electron chi connectivity index (χ2n) is 4.52. The van der Waals surface area contributed by atoms with E-state index in [0.717, 1.165) is 39.0 Å². The number of nitrogens with one attached hydrogen (secondary N) is 1. The van der Waals surface area contributed by atoms with Crippen molar-refractivity contribution in [1.29, 1.82) is 0 Å². The van der Waals surface area contributed by atoms with Crippen LogP contribution in [0.25, 0.3) is 0 Å². The lowest BCUT2D eigenvalue weighted by molar-refractivity contribution is 0.0168. The van der Waals surface area contributed by atoms with Crippen molar-refractivity contribution in [2.45, 2.75) is 38.2 Å². The lowest BCUT2D eigenvalue weighted by atomic mass is 10.0. The van der Waals surface area contributed by atoms with Crippen LogP contribution in [-0.4, -0.2) is 48.8 Å². The number of aliphatic hydroxyl groups is 1. The van der Waals surface area contributed by atoms with Crippen molar-refractivity contribution in [2.24, 2.45) is 0 Å². The molecule has 0 bridgehead atoms. The van der Waals surface area contributed by atoms with E-state index in [1.807, 2.05) is 0 Å². The summed E-state index contributed by atoms with van der Waals surface area (Å²) in [4.78, 5) is 2.23. The Morgan fingerprint density at radius 3 is 2.57 bits per heavy atom. The van der Waals surface area contributed by atoms with Gasteiger partial charge in [0.25, 0.3) is 0 Å². The summed E-state index contributed by atoms with van der Waals surface area (Å²) in [7, 11) is 2.09. The molecule has 0 heterocycles. The van der Waals surface area contributed by atoms with Gasteiger partial charge in [-0.3, -0.25) is 0 Å². The number of rotatable bonds is 6. The predicted molar refractivity (Wildman–Crippen MR) is 59.5 cm³/mol. The molecule has 1 aliphatic carbocycles. The summed E-state index contributed by atoms with van der Waals surface area (Å²) in [5.41, 5.74) is -0.388. The van der Waals surface area contributed by atoms with Gasteiger partial charge < -0.3 is 15.3 Å². The first kappa shape index (κ1) is 12.0. The zero-order valence-corrected chi connectivity index (χ0v) is 9.55. The van der Waals surface area contributed by atoms with Crippen molar-refractivity contribution in [3.63, 3.8) is 0 Å². The van der Waals surface area contributed by atoms with Gasteiger partial charge in [-0.15, -0.1) is 0 Å². The quantitative estimate of drug-likeness (QED) is 0.624. The zero-order valence-electron chi connectivity index (χ0n) is 9.55. The van der Waals surface area contributed by atoms with Crippen molar-refractivity contribution in [3.8, 4) is 0 Å². The van der Waals surface area contributed by atoms with E-state index >= 15 is 0 Å². The van der Waals surface area contributed by atoms with Crippen molar-refractivity contribution >= 4 is 0 Å². The molecule has 3 heteroatoms. The van der Waals surface area contributed by atoms with Gasteiger partial charge >= 0.3 is 0 Å². The third kappa shape index (κ3) is 3.95. The Balaban J connectivity index is 2.15. The maximum Gasteiger partial charge on any atom is 0.0774 e. The Labute approximate surface area is 87.5 Å². The van der Waals surface area contributed by atoms with Crippen LogP contribution in [0, 0.1) is 0 Å². The van der Waals surface area contributed by atoms with Gasteiger partial charge in [-0.25, -0.2) is 0 Å². The molecule has 2 N–H and O–H groups in total. The zero-order chi connectivity index (χ0) is 10.4. The highest BCUT2D eigenvalue weighted by atomic mass is 16.3. The van der Waals surface area contributed by atoms with Crippen LogP contribution in [0.3, 0.4) is 0 Å². The van der Waals surface area contributed by atoms with Crippen molar-refractivity contribution in [3.05, 3.63) is 0 Å². The molecule has 0 amide bonds. The molecule has 0 aromatic carbocycles. The molecule has 1 rings (SSSR count). The van der Waals surface area contributed by atoms with Gasteiger partial charge in [0.15, 0.2) is 0 Å². The van der Waals surface area contributed by atoms with Crippen LogP contribution in [0.2, 0.25) is 0 Å². The molecule has 0 spiro atoms. The molecular weight excluding hydrogens is 176 g/mol. The van der Waals surface area contributed by atoms with Crippen LogP contribution in [-0.2, 0) is 0 Å². The van der Waals surface area contributed by atoms with Crippen molar-refractivity contribution in [1.82, 2.24) is 10.2 Å². The minimum atomic E-state index is -0.388. The Hall–Kier alpha value is -0.120. The normalized spacial score (nSPS) is 20.6. The Morgan fingerprint density at radius 1 is 1.36 bits per heavy atom. The van der Waals surface area contributed by atoms with E-state index in [-0.39, 0.29) is 5.60 Å². The van der Waals surface area contributed by atoms with E-state index in [2.05, 4.69) is 24.2 Å². The maximum atomic E-state index is 10.2. The van der Waals surface area contributed by atoms with Crippen LogP contribution in [0.1, 0.15) is 32.6 Å². The smallest absolute Gasteiger partial charge is 0.0774 e. The minimum Gasteiger partial charge on any atom is -0.389 e. The first-order valence-electron chi connectivity index (χ1n) is 5.78. The van der Waals surface area contributed by atoms with Gasteiger partial charge in [0.05, 0.1) is 5.60 Å². The average molecular weight is 200 g/mol. The fourth-order valence-corrected chi connectivity index (χ4v) is 2.22. The summed E-state index contributed by atoms with van der Waals surface area (Å²) in [6.07, 6.45) is 4.35. The lowest BCUT2D eigenvalue weighted by Gasteiger charge is -2.28. The third-order valence-corrected chi connectivity index (χ3v) is 3.02. The van der Waals surface area contributed by atoms with E-state index in [1.165, 1.54) is 12.8 Å². The Kier molecular flexibility index (Phi) is 4.85. The highest BCUT2D eigenvalue weighted by Gasteiger charge is 2.31. The van der Waals surface area contributed by atoms with Gasteiger partial charge in [-0.1, -0.05) is 19.8 Å². The first-order chi connectivity index (χ1) is 6.66. The fraction of sp³-hybridized carbons (Fsp3) is 1.00. The van der Waals surface area contributed by atoms with Crippen LogP contribution in [0.5, 0.6) is 0 Å². The van der Waals surface area contributed by atoms with Gasteiger partial charge in [0, 0.05) is 19.6 Å². The second-order valence-corrected chi connectivity index (χ2v) is 4.52. The minimum absolute atomic E-state index is 0.388. The van der Waals surface area contributed by atoms with Crippen molar-refractivity contribution in [2.75, 3.05) is 33.2 Å². The number of hydrogen-bond donors (Lipinski definition) is 2. The number of nitrogens with zero attached hydrogens (tertiary/aromatic N) is 1. The fourth-order valence-electron chi connectivity index (χ4n) is 2.22. The molecule has 1 fully saturated rings. The molecule has 0 aromatic heterocycles. The van der Waals surface area contributed by atoms with Gasteiger partial charge in [0.1, 0.15) is 0 Å². The number of likely N-dealkylation sites (N-methyl/N-ethyl adjacent to an activating group) is 2. The Bertz CT molecular complexity index is 155. The molecule has 0 atom stereocenters. The summed E-state index contributed by atoms with van der Waals surface area (Å²) in [6, 6.07) is 0. The summed E-state index contributed by atoms with van der Waals surface area (Å²) in [5, 5.41) is 13.4. The standard InChI is InChI=1S/C11H24N2O/c1-3-12-8-9-13(2)10-11(14)6-4-5-7-11/h12,14H,3-10H2,1-2H3. The predicted octanol–water partition coefficient (Wildman–Crippen LogP) is 0.833. The highest BCUT2D eigenvalue weighted by molar-refractivity contribution is 4.86. The molecule has 3 nitrogen and oxygen atoms in total. The van der Waals surface area contributed by atoms with E-state index in [0.29, 0.717) is 0 Å². The van der Waals surface area contributed by atoms with E-state index in [4.69, 9.17) is 0 Å². The summed E-state index contributed by atoms with van der Waals surface area (Å²) < 4.78 is 0. The molecule has 0 saturated heterocycles. The molecule has 0 radical (unpaired) electrons. The van der Waals surface area contributed by atoms with Crippen LogP contribution in [0.4, 0.5) is 0 Å². The molecule has 0 unspecified atom stereocenters. The SMILES string of the molecule is CCNCCN(C)CC1(O)CCCC1. The molecule has 1 saturated carbocycles. The topological polar surface area (TPSA) is 35.5 Å². The van der Waals surface area contributed by atoms with E-state index in [9.17, 15) is 5.11 Å². The summed E-state index contributed by atoms with van der Waals surface area (Å²) in [6.45, 7) is 6.01. The molecule has 0 aliphatic heterocycles. The molecule has 14 heavy (non-hydrogen) atoms. The van der Waals surface area contributed by atoms with Crippen molar-refractivity contribution < 1.29 is 5.11 Å². The van der Waals surface area contributed by atoms with E-state index in [1.54, 1.807) is 0 Å². The van der Waals surface area contributed by atoms with Crippen LogP contribution in [0.15, 0.2) is 0 Å². The van der Waals surface area contributed by atoms with Crippen LogP contribution >= 0.6 is 0 Å². The monoisotopic (exact) mass is 200 g/mol. The summed E-state index contributed by atoms with van der Waals surface area (Å²) >= 11 is 0. The third-order valence-electron chi connectivity index (χ3n) is 3.02. The van der Waals surface area contributed by atoms with Crippen LogP contribution < -0.4 is 5.32 Å². The van der Waals surface area contributed by atoms with E-state index < -0.39 is 0 Å². The largest absolute Gasteiger partial charge is 0.389 e. The molecular formula is C11H24N2O. The highest BCUT2D eigenvalue weighted by Crippen LogP contribution is 2.29. The number of hydrogen-bond acceptors (Lipinski definition) is 3. The van der Waals surface area contributed by atoms with Gasteiger partial charge in [0.2, 0.25) is 0 Å². The second kappa shape index (κ2) is 5.69. The molecule has 84 valence electrons. The first-order valence-corrected chi connectivity index (χ1v) is 5.78. The average Bonchev–Trinajstić information content (AvgIpc) is 2.52. The maximum absolute atomic E-state index is 10.2. The molecule has 1 aliphatic rings.